The maximum absolute atomic E-state index is 14.5. The number of benzene rings is 1. The summed E-state index contributed by atoms with van der Waals surface area (Å²) in [6.45, 7) is 0.335. The molecule has 0 saturated carbocycles. The molecule has 0 spiro atoms. The minimum atomic E-state index is -0.741. The number of hydrogen-bond acceptors (Lipinski definition) is 3. The molecule has 0 bridgehead atoms. The van der Waals surface area contributed by atoms with Crippen LogP contribution in [0.2, 0.25) is 5.02 Å². The van der Waals surface area contributed by atoms with Gasteiger partial charge in [-0.3, -0.25) is 9.78 Å². The van der Waals surface area contributed by atoms with Crippen molar-refractivity contribution >= 4 is 47.8 Å². The fourth-order valence-corrected chi connectivity index (χ4v) is 4.28. The van der Waals surface area contributed by atoms with E-state index in [1.807, 2.05) is 4.57 Å². The number of pyridine rings is 1. The van der Waals surface area contributed by atoms with Crippen molar-refractivity contribution in [2.24, 2.45) is 7.05 Å². The smallest absolute Gasteiger partial charge is 0.230 e. The minimum absolute atomic E-state index is 0. The van der Waals surface area contributed by atoms with Gasteiger partial charge in [0.05, 0.1) is 11.4 Å². The van der Waals surface area contributed by atoms with Crippen LogP contribution in [0, 0.1) is 16.4 Å². The van der Waals surface area contributed by atoms with Gasteiger partial charge in [-0.2, -0.15) is 0 Å². The average molecular weight is 471 g/mol. The second-order valence-electron chi connectivity index (χ2n) is 6.96. The highest BCUT2D eigenvalue weighted by atomic mass is 35.5. The molecular weight excluding hydrogens is 453 g/mol. The number of carbonyl (C=O) groups excluding carboxylic acids is 1. The lowest BCUT2D eigenvalue weighted by Crippen LogP contribution is -2.17. The zero-order valence-electron chi connectivity index (χ0n) is 15.9. The van der Waals surface area contributed by atoms with E-state index in [2.05, 4.69) is 10.3 Å². The number of hydrogen-bond donors (Lipinski definition) is 1. The van der Waals surface area contributed by atoms with Gasteiger partial charge in [-0.25, -0.2) is 8.78 Å². The topological polar surface area (TPSA) is 51.9 Å². The van der Waals surface area contributed by atoms with Gasteiger partial charge in [-0.05, 0) is 42.9 Å². The van der Waals surface area contributed by atoms with E-state index >= 15 is 0 Å². The standard InChI is InChI=1S/C20H17ClF2N4OS.ClH/c1-26-15(9-17(28)25-12-4-6-24-7-5-12)16-8-11(10-27(16)20(26)29)18-14(22)3-2-13(21)19(18)23;/h2-7,11H,8-10H2,1H3,(H,24,25,28);1H/t11-;/m1./s1. The quantitative estimate of drug-likeness (QED) is 0.438. The molecule has 0 fully saturated rings. The largest absolute Gasteiger partial charge is 0.326 e. The fourth-order valence-electron chi connectivity index (χ4n) is 3.82. The Morgan fingerprint density at radius 2 is 2.00 bits per heavy atom. The maximum Gasteiger partial charge on any atom is 0.230 e. The number of halogens is 4. The van der Waals surface area contributed by atoms with E-state index in [1.54, 1.807) is 36.1 Å². The second kappa shape index (κ2) is 8.83. The SMILES string of the molecule is Cl.Cn1c(CC(=O)Nc2ccncc2)c2n(c1=S)C[C@H](c1c(F)ccc(Cl)c1F)C2. The number of imidazole rings is 1. The maximum atomic E-state index is 14.5. The predicted octanol–water partition coefficient (Wildman–Crippen LogP) is 4.83. The van der Waals surface area contributed by atoms with Crippen molar-refractivity contribution in [3.05, 3.63) is 75.0 Å². The number of amides is 1. The Bertz CT molecular complexity index is 1160. The van der Waals surface area contributed by atoms with E-state index in [0.29, 0.717) is 23.4 Å². The van der Waals surface area contributed by atoms with Gasteiger partial charge in [0.15, 0.2) is 4.77 Å². The van der Waals surface area contributed by atoms with Crippen LogP contribution in [0.3, 0.4) is 0 Å². The van der Waals surface area contributed by atoms with Gasteiger partial charge in [-0.1, -0.05) is 11.6 Å². The zero-order valence-corrected chi connectivity index (χ0v) is 18.3. The summed E-state index contributed by atoms with van der Waals surface area (Å²) in [5.41, 5.74) is 2.14. The van der Waals surface area contributed by atoms with Gasteiger partial charge in [0.1, 0.15) is 11.6 Å². The van der Waals surface area contributed by atoms with Crippen LogP contribution in [0.15, 0.2) is 36.7 Å². The highest BCUT2D eigenvalue weighted by Crippen LogP contribution is 2.37. The molecule has 3 heterocycles. The van der Waals surface area contributed by atoms with Crippen molar-refractivity contribution in [3.63, 3.8) is 0 Å². The van der Waals surface area contributed by atoms with Crippen LogP contribution in [0.1, 0.15) is 22.9 Å². The van der Waals surface area contributed by atoms with E-state index in [9.17, 15) is 13.6 Å². The molecule has 1 atom stereocenters. The normalized spacial score (nSPS) is 14.9. The van der Waals surface area contributed by atoms with Gasteiger partial charge < -0.3 is 14.5 Å². The first kappa shape index (κ1) is 22.4. The Balaban J connectivity index is 0.00000256. The van der Waals surface area contributed by atoms with Gasteiger partial charge in [0.25, 0.3) is 0 Å². The number of aromatic nitrogens is 3. The number of nitrogens with one attached hydrogen (secondary N) is 1. The molecule has 1 amide bonds. The summed E-state index contributed by atoms with van der Waals surface area (Å²) in [6.07, 6.45) is 3.64. The number of rotatable bonds is 4. The Kier molecular flexibility index (Phi) is 6.59. The van der Waals surface area contributed by atoms with Gasteiger partial charge >= 0.3 is 0 Å². The lowest BCUT2D eigenvalue weighted by atomic mass is 9.95. The molecule has 5 nitrogen and oxygen atoms in total. The van der Waals surface area contributed by atoms with E-state index < -0.39 is 17.6 Å². The van der Waals surface area contributed by atoms with Crippen molar-refractivity contribution in [1.82, 2.24) is 14.1 Å². The van der Waals surface area contributed by atoms with Gasteiger partial charge in [0.2, 0.25) is 5.91 Å². The predicted molar refractivity (Wildman–Crippen MR) is 116 cm³/mol. The van der Waals surface area contributed by atoms with Crippen LogP contribution in [-0.4, -0.2) is 20.0 Å². The third-order valence-corrected chi connectivity index (χ3v) is 5.99. The summed E-state index contributed by atoms with van der Waals surface area (Å²) in [6, 6.07) is 5.77. The molecule has 0 unspecified atom stereocenters. The molecule has 0 radical (unpaired) electrons. The highest BCUT2D eigenvalue weighted by Gasteiger charge is 2.32. The van der Waals surface area contributed by atoms with Crippen LogP contribution in [0.5, 0.6) is 0 Å². The molecule has 1 N–H and O–H groups in total. The van der Waals surface area contributed by atoms with Crippen molar-refractivity contribution in [3.8, 4) is 0 Å². The molecule has 1 aliphatic rings. The van der Waals surface area contributed by atoms with Crippen LogP contribution >= 0.6 is 36.2 Å². The lowest BCUT2D eigenvalue weighted by Gasteiger charge is -2.14. The summed E-state index contributed by atoms with van der Waals surface area (Å²) in [4.78, 5) is 16.4. The van der Waals surface area contributed by atoms with E-state index in [0.717, 1.165) is 11.4 Å². The number of carbonyl (C=O) groups is 1. The van der Waals surface area contributed by atoms with Gasteiger partial charge in [0, 0.05) is 54.5 Å². The third kappa shape index (κ3) is 3.99. The fraction of sp³-hybridized carbons (Fsp3) is 0.250. The van der Waals surface area contributed by atoms with E-state index in [-0.39, 0.29) is 35.3 Å². The van der Waals surface area contributed by atoms with Crippen molar-refractivity contribution in [2.75, 3.05) is 5.32 Å². The highest BCUT2D eigenvalue weighted by molar-refractivity contribution is 7.71. The lowest BCUT2D eigenvalue weighted by molar-refractivity contribution is -0.115. The number of anilines is 1. The summed E-state index contributed by atoms with van der Waals surface area (Å²) in [5, 5.41) is 2.70. The zero-order chi connectivity index (χ0) is 20.7. The van der Waals surface area contributed by atoms with Crippen molar-refractivity contribution < 1.29 is 13.6 Å². The Hall–Kier alpha value is -2.29. The molecule has 3 aromatic rings. The molecule has 0 aliphatic carbocycles. The van der Waals surface area contributed by atoms with Crippen LogP contribution in [0.25, 0.3) is 0 Å². The number of nitrogens with zero attached hydrogens (tertiary/aromatic N) is 3. The molecule has 1 aromatic carbocycles. The molecule has 2 aromatic heterocycles. The van der Waals surface area contributed by atoms with Crippen LogP contribution in [-0.2, 0) is 31.2 Å². The molecule has 0 saturated heterocycles. The van der Waals surface area contributed by atoms with E-state index in [1.165, 1.54) is 12.1 Å². The first-order valence-corrected chi connectivity index (χ1v) is 9.76. The van der Waals surface area contributed by atoms with Gasteiger partial charge in [-0.15, -0.1) is 12.4 Å². The summed E-state index contributed by atoms with van der Waals surface area (Å²) >= 11 is 11.3. The van der Waals surface area contributed by atoms with Crippen LogP contribution < -0.4 is 5.32 Å². The molecule has 4 rings (SSSR count). The molecule has 158 valence electrons. The third-order valence-electron chi connectivity index (χ3n) is 5.20. The Morgan fingerprint density at radius 3 is 2.70 bits per heavy atom. The molecular formula is C20H18Cl2F2N4OS. The van der Waals surface area contributed by atoms with Crippen molar-refractivity contribution in [2.45, 2.75) is 25.3 Å². The van der Waals surface area contributed by atoms with E-state index in [4.69, 9.17) is 23.8 Å². The summed E-state index contributed by atoms with van der Waals surface area (Å²) < 4.78 is 33.0. The monoisotopic (exact) mass is 470 g/mol. The number of fused-ring (bicyclic) bond motifs is 1. The average Bonchev–Trinajstić information content (AvgIpc) is 3.21. The molecule has 30 heavy (non-hydrogen) atoms. The Morgan fingerprint density at radius 1 is 1.30 bits per heavy atom. The minimum Gasteiger partial charge on any atom is -0.326 e. The first-order chi connectivity index (χ1) is 13.9. The second-order valence-corrected chi connectivity index (χ2v) is 7.74. The Labute approximate surface area is 188 Å². The summed E-state index contributed by atoms with van der Waals surface area (Å²) in [7, 11) is 1.79. The van der Waals surface area contributed by atoms with Crippen molar-refractivity contribution in [1.29, 1.82) is 0 Å². The molecule has 1 aliphatic heterocycles. The van der Waals surface area contributed by atoms with Crippen LogP contribution in [0.4, 0.5) is 14.5 Å². The molecule has 10 heteroatoms. The summed E-state index contributed by atoms with van der Waals surface area (Å²) in [5.74, 6) is -2.02. The first-order valence-electron chi connectivity index (χ1n) is 8.97.